The van der Waals surface area contributed by atoms with E-state index < -0.39 is 27.6 Å². The highest BCUT2D eigenvalue weighted by Gasteiger charge is 2.43. The number of rotatable bonds is 7. The Morgan fingerprint density at radius 2 is 1.60 bits per heavy atom. The summed E-state index contributed by atoms with van der Waals surface area (Å²) in [5.41, 5.74) is 1.86. The highest BCUT2D eigenvalue weighted by atomic mass is 32.2. The van der Waals surface area contributed by atoms with Crippen LogP contribution in [0.15, 0.2) is 36.4 Å². The number of sulfonamides is 1. The molecular weight excluding hydrogens is 563 g/mol. The molecule has 3 aliphatic rings. The summed E-state index contributed by atoms with van der Waals surface area (Å²) in [5.74, 6) is -2.33. The zero-order chi connectivity index (χ0) is 30.2. The van der Waals surface area contributed by atoms with E-state index in [4.69, 9.17) is 4.74 Å². The Morgan fingerprint density at radius 3 is 2.19 bits per heavy atom. The second kappa shape index (κ2) is 12.0. The highest BCUT2D eigenvalue weighted by molar-refractivity contribution is 7.92. The van der Waals surface area contributed by atoms with E-state index in [1.165, 1.54) is 36.3 Å². The first-order valence-electron chi connectivity index (χ1n) is 14.2. The van der Waals surface area contributed by atoms with Crippen LogP contribution in [-0.2, 0) is 26.0 Å². The molecule has 3 heterocycles. The lowest BCUT2D eigenvalue weighted by Crippen LogP contribution is -2.50. The molecule has 5 rings (SSSR count). The molecule has 1 atom stereocenters. The number of likely N-dealkylation sites (tertiary alicyclic amines) is 1. The van der Waals surface area contributed by atoms with Crippen molar-refractivity contribution in [2.75, 3.05) is 70.5 Å². The van der Waals surface area contributed by atoms with E-state index in [1.807, 2.05) is 7.05 Å². The molecule has 42 heavy (non-hydrogen) atoms. The zero-order valence-electron chi connectivity index (χ0n) is 24.2. The molecule has 2 aromatic carbocycles. The van der Waals surface area contributed by atoms with Crippen LogP contribution in [0, 0.1) is 11.7 Å². The second-order valence-corrected chi connectivity index (χ2v) is 13.4. The van der Waals surface area contributed by atoms with E-state index in [-0.39, 0.29) is 35.3 Å². The van der Waals surface area contributed by atoms with Crippen molar-refractivity contribution in [1.29, 1.82) is 0 Å². The summed E-state index contributed by atoms with van der Waals surface area (Å²) < 4.78 is 45.3. The number of ketones is 1. The van der Waals surface area contributed by atoms with Gasteiger partial charge in [0.25, 0.3) is 11.8 Å². The van der Waals surface area contributed by atoms with Gasteiger partial charge < -0.3 is 19.4 Å². The van der Waals surface area contributed by atoms with Crippen LogP contribution < -0.4 is 9.04 Å². The predicted octanol–water partition coefficient (Wildman–Crippen LogP) is 2.14. The summed E-state index contributed by atoms with van der Waals surface area (Å²) in [4.78, 5) is 45.8. The van der Waals surface area contributed by atoms with Gasteiger partial charge >= 0.3 is 0 Å². The van der Waals surface area contributed by atoms with Crippen molar-refractivity contribution >= 4 is 33.3 Å². The lowest BCUT2D eigenvalue weighted by Gasteiger charge is -2.33. The molecule has 0 aliphatic carbocycles. The standard InChI is InChI=1S/C30H37FN4O6S/c1-32-12-14-34(15-13-32)30(38)28(36)25-19-35(42(3,39)40)26-18-27(41-2)24(17-23(25)26)29(37)33-10-8-21(9-11-33)16-20-4-6-22(31)7-5-20/h4-7,17-18,21,25H,8-16,19H2,1-3H3. The molecule has 0 spiro atoms. The molecule has 0 radical (unpaired) electrons. The van der Waals surface area contributed by atoms with Crippen molar-refractivity contribution in [2.45, 2.75) is 25.2 Å². The fraction of sp³-hybridized carbons (Fsp3) is 0.500. The average molecular weight is 601 g/mol. The minimum atomic E-state index is -3.78. The van der Waals surface area contributed by atoms with Crippen molar-refractivity contribution < 1.29 is 31.9 Å². The fourth-order valence-electron chi connectivity index (χ4n) is 6.10. The molecule has 2 aromatic rings. The number of anilines is 1. The number of fused-ring (bicyclic) bond motifs is 1. The van der Waals surface area contributed by atoms with Crippen LogP contribution in [0.25, 0.3) is 0 Å². The monoisotopic (exact) mass is 600 g/mol. The Hall–Kier alpha value is -3.51. The third-order valence-corrected chi connectivity index (χ3v) is 9.78. The van der Waals surface area contributed by atoms with Crippen LogP contribution in [-0.4, -0.2) is 107 Å². The number of amides is 2. The smallest absolute Gasteiger partial charge is 0.290 e. The molecule has 0 saturated carbocycles. The third kappa shape index (κ3) is 6.14. The van der Waals surface area contributed by atoms with Gasteiger partial charge in [-0.25, -0.2) is 12.8 Å². The number of hydrogen-bond acceptors (Lipinski definition) is 7. The second-order valence-electron chi connectivity index (χ2n) is 11.5. The van der Waals surface area contributed by atoms with E-state index in [9.17, 15) is 27.2 Å². The first-order chi connectivity index (χ1) is 20.0. The van der Waals surface area contributed by atoms with Crippen molar-refractivity contribution in [2.24, 2.45) is 5.92 Å². The van der Waals surface area contributed by atoms with Gasteiger partial charge in [-0.3, -0.25) is 18.7 Å². The number of carbonyl (C=O) groups is 3. The van der Waals surface area contributed by atoms with Crippen molar-refractivity contribution in [3.63, 3.8) is 0 Å². The normalized spacial score (nSPS) is 20.0. The quantitative estimate of drug-likeness (QED) is 0.449. The summed E-state index contributed by atoms with van der Waals surface area (Å²) in [7, 11) is -0.421. The van der Waals surface area contributed by atoms with E-state index in [0.717, 1.165) is 35.4 Å². The lowest BCUT2D eigenvalue weighted by molar-refractivity contribution is -0.146. The summed E-state index contributed by atoms with van der Waals surface area (Å²) in [5, 5.41) is 0. The van der Waals surface area contributed by atoms with Crippen molar-refractivity contribution in [1.82, 2.24) is 14.7 Å². The van der Waals surface area contributed by atoms with Gasteiger partial charge in [-0.15, -0.1) is 0 Å². The largest absolute Gasteiger partial charge is 0.496 e. The fourth-order valence-corrected chi connectivity index (χ4v) is 7.03. The van der Waals surface area contributed by atoms with E-state index in [1.54, 1.807) is 17.0 Å². The summed E-state index contributed by atoms with van der Waals surface area (Å²) in [6.07, 6.45) is 3.40. The molecule has 1 unspecified atom stereocenters. The van der Waals surface area contributed by atoms with E-state index in [0.29, 0.717) is 50.7 Å². The Labute approximate surface area is 246 Å². The average Bonchev–Trinajstić information content (AvgIpc) is 3.36. The summed E-state index contributed by atoms with van der Waals surface area (Å²) in [6, 6.07) is 9.50. The zero-order valence-corrected chi connectivity index (χ0v) is 25.0. The number of benzene rings is 2. The molecule has 0 N–H and O–H groups in total. The maximum atomic E-state index is 13.8. The van der Waals surface area contributed by atoms with Gasteiger partial charge in [0.2, 0.25) is 15.8 Å². The first kappa shape index (κ1) is 30.0. The molecule has 10 nitrogen and oxygen atoms in total. The SMILES string of the molecule is COc1cc2c(cc1C(=O)N1CCC(Cc3ccc(F)cc3)CC1)C(C(=O)C(=O)N1CCN(C)CC1)CN2S(C)(=O)=O. The van der Waals surface area contributed by atoms with Crippen molar-refractivity contribution in [3.8, 4) is 5.75 Å². The lowest BCUT2D eigenvalue weighted by atomic mass is 9.89. The molecule has 0 bridgehead atoms. The predicted molar refractivity (Wildman–Crippen MR) is 156 cm³/mol. The molecule has 226 valence electrons. The number of likely N-dealkylation sites (N-methyl/N-ethyl adjacent to an activating group) is 1. The molecule has 2 saturated heterocycles. The number of nitrogens with zero attached hydrogens (tertiary/aromatic N) is 4. The minimum absolute atomic E-state index is 0.206. The minimum Gasteiger partial charge on any atom is -0.496 e. The molecule has 3 aliphatic heterocycles. The molecular formula is C30H37FN4O6S. The van der Waals surface area contributed by atoms with E-state index in [2.05, 4.69) is 4.90 Å². The Balaban J connectivity index is 1.37. The van der Waals surface area contributed by atoms with Crippen LogP contribution in [0.4, 0.5) is 10.1 Å². The number of methoxy groups -OCH3 is 1. The van der Waals surface area contributed by atoms with Gasteiger partial charge in [0.15, 0.2) is 0 Å². The molecule has 2 fully saturated rings. The summed E-state index contributed by atoms with van der Waals surface area (Å²) >= 11 is 0. The Bertz CT molecular complexity index is 1470. The first-order valence-corrected chi connectivity index (χ1v) is 16.1. The molecule has 12 heteroatoms. The van der Waals surface area contributed by atoms with Gasteiger partial charge in [0.05, 0.1) is 30.5 Å². The number of Topliss-reactive ketones (excluding diaryl/α,β-unsaturated/α-hetero) is 1. The molecule has 0 aromatic heterocycles. The van der Waals surface area contributed by atoms with Crippen LogP contribution >= 0.6 is 0 Å². The van der Waals surface area contributed by atoms with Crippen LogP contribution in [0.1, 0.15) is 40.2 Å². The van der Waals surface area contributed by atoms with Gasteiger partial charge in [0, 0.05) is 51.9 Å². The maximum absolute atomic E-state index is 13.8. The number of carbonyl (C=O) groups excluding carboxylic acids is 3. The van der Waals surface area contributed by atoms with Gasteiger partial charge in [0.1, 0.15) is 11.6 Å². The topological polar surface area (TPSA) is 108 Å². The van der Waals surface area contributed by atoms with Gasteiger partial charge in [-0.05, 0) is 61.6 Å². The number of ether oxygens (including phenoxy) is 1. The Kier molecular flexibility index (Phi) is 8.56. The Morgan fingerprint density at radius 1 is 0.952 bits per heavy atom. The third-order valence-electron chi connectivity index (χ3n) is 8.63. The highest BCUT2D eigenvalue weighted by Crippen LogP contribution is 2.43. The number of piperidine rings is 1. The van der Waals surface area contributed by atoms with E-state index >= 15 is 0 Å². The van der Waals surface area contributed by atoms with Crippen LogP contribution in [0.3, 0.4) is 0 Å². The van der Waals surface area contributed by atoms with Gasteiger partial charge in [-0.1, -0.05) is 12.1 Å². The maximum Gasteiger partial charge on any atom is 0.290 e. The molecule has 2 amide bonds. The number of halogens is 1. The van der Waals surface area contributed by atoms with Crippen LogP contribution in [0.5, 0.6) is 5.75 Å². The summed E-state index contributed by atoms with van der Waals surface area (Å²) in [6.45, 7) is 2.95. The van der Waals surface area contributed by atoms with Crippen molar-refractivity contribution in [3.05, 3.63) is 58.9 Å². The van der Waals surface area contributed by atoms with Crippen LogP contribution in [0.2, 0.25) is 0 Å². The number of hydrogen-bond donors (Lipinski definition) is 0. The number of piperazine rings is 1. The van der Waals surface area contributed by atoms with Gasteiger partial charge in [-0.2, -0.15) is 0 Å².